The third-order valence-corrected chi connectivity index (χ3v) is 6.30. The van der Waals surface area contributed by atoms with Crippen LogP contribution in [0.1, 0.15) is 21.6 Å². The summed E-state index contributed by atoms with van der Waals surface area (Å²) in [4.78, 5) is 20.7. The predicted molar refractivity (Wildman–Crippen MR) is 105 cm³/mol. The molecule has 3 aromatic rings. The maximum absolute atomic E-state index is 12.7. The van der Waals surface area contributed by atoms with E-state index >= 15 is 0 Å². The largest absolute Gasteiger partial charge is 0.358 e. The van der Waals surface area contributed by atoms with Crippen molar-refractivity contribution in [2.75, 3.05) is 5.75 Å². The van der Waals surface area contributed by atoms with Crippen molar-refractivity contribution in [2.45, 2.75) is 12.7 Å². The average molecular weight is 352 g/mol. The number of hydrogen-bond donors (Lipinski definition) is 1. The molecule has 2 heterocycles. The number of aliphatic imine (C=N–C) groups is 1. The fourth-order valence-electron chi connectivity index (χ4n) is 2.92. The quantitative estimate of drug-likeness (QED) is 0.648. The molecule has 0 bridgehead atoms. The van der Waals surface area contributed by atoms with Gasteiger partial charge in [0.15, 0.2) is 5.78 Å². The van der Waals surface area contributed by atoms with E-state index in [0.717, 1.165) is 38.0 Å². The Morgan fingerprint density at radius 3 is 2.92 bits per heavy atom. The minimum absolute atomic E-state index is 0.150. The van der Waals surface area contributed by atoms with Crippen molar-refractivity contribution in [3.63, 3.8) is 0 Å². The lowest BCUT2D eigenvalue weighted by Crippen LogP contribution is -2.06. The van der Waals surface area contributed by atoms with E-state index in [1.807, 2.05) is 49.4 Å². The number of para-hydroxylation sites is 2. The molecule has 0 spiro atoms. The van der Waals surface area contributed by atoms with Crippen LogP contribution in [0, 0.1) is 6.92 Å². The van der Waals surface area contributed by atoms with E-state index in [9.17, 15) is 4.79 Å². The van der Waals surface area contributed by atoms with E-state index in [4.69, 9.17) is 0 Å². The zero-order valence-electron chi connectivity index (χ0n) is 13.2. The third-order valence-electron chi connectivity index (χ3n) is 4.05. The van der Waals surface area contributed by atoms with Crippen LogP contribution < -0.4 is 0 Å². The molecule has 2 aromatic carbocycles. The van der Waals surface area contributed by atoms with Crippen LogP contribution in [0.3, 0.4) is 0 Å². The summed E-state index contributed by atoms with van der Waals surface area (Å²) >= 11 is 3.24. The van der Waals surface area contributed by atoms with Crippen molar-refractivity contribution in [1.29, 1.82) is 0 Å². The molecule has 0 unspecified atom stereocenters. The highest BCUT2D eigenvalue weighted by molar-refractivity contribution is 8.38. The second-order valence-electron chi connectivity index (χ2n) is 5.68. The van der Waals surface area contributed by atoms with Crippen molar-refractivity contribution in [1.82, 2.24) is 4.98 Å². The molecule has 24 heavy (non-hydrogen) atoms. The molecular formula is C19H16N2OS2. The minimum Gasteiger partial charge on any atom is -0.358 e. The summed E-state index contributed by atoms with van der Waals surface area (Å²) in [6.07, 6.45) is 0. The highest BCUT2D eigenvalue weighted by Gasteiger charge is 2.18. The van der Waals surface area contributed by atoms with Gasteiger partial charge in [-0.15, -0.1) is 0 Å². The number of fused-ring (bicyclic) bond motifs is 2. The summed E-state index contributed by atoms with van der Waals surface area (Å²) in [7, 11) is 0. The van der Waals surface area contributed by atoms with Crippen molar-refractivity contribution >= 4 is 50.3 Å². The highest BCUT2D eigenvalue weighted by atomic mass is 32.2. The number of carbonyl (C=O) groups excluding carboxylic acids is 1. The molecule has 0 saturated heterocycles. The molecule has 120 valence electrons. The number of H-pyrrole nitrogens is 1. The summed E-state index contributed by atoms with van der Waals surface area (Å²) in [6.45, 7) is 1.96. The van der Waals surface area contributed by atoms with Crippen LogP contribution >= 0.6 is 23.5 Å². The Hall–Kier alpha value is -1.98. The fraction of sp³-hybridized carbons (Fsp3) is 0.158. The second kappa shape index (κ2) is 6.49. The topological polar surface area (TPSA) is 45.2 Å². The number of aryl methyl sites for hydroxylation is 1. The van der Waals surface area contributed by atoms with Crippen LogP contribution in [0.15, 0.2) is 53.5 Å². The molecule has 1 aromatic heterocycles. The van der Waals surface area contributed by atoms with E-state index in [1.165, 1.54) is 17.3 Å². The van der Waals surface area contributed by atoms with E-state index < -0.39 is 0 Å². The Morgan fingerprint density at radius 1 is 1.21 bits per heavy atom. The number of carbonyl (C=O) groups is 1. The average Bonchev–Trinajstić information content (AvgIpc) is 2.95. The number of hydrogen-bond acceptors (Lipinski definition) is 4. The Labute approximate surface area is 149 Å². The molecule has 0 saturated carbocycles. The molecule has 0 fully saturated rings. The lowest BCUT2D eigenvalue weighted by atomic mass is 10.1. The lowest BCUT2D eigenvalue weighted by molar-refractivity contribution is 0.102. The molecule has 0 amide bonds. The van der Waals surface area contributed by atoms with E-state index in [1.54, 1.807) is 11.8 Å². The van der Waals surface area contributed by atoms with E-state index in [2.05, 4.69) is 16.0 Å². The summed E-state index contributed by atoms with van der Waals surface area (Å²) in [5, 5.41) is 1.00. The molecule has 0 aliphatic carbocycles. The van der Waals surface area contributed by atoms with Crippen LogP contribution in [0.4, 0.5) is 5.69 Å². The Morgan fingerprint density at radius 2 is 2.00 bits per heavy atom. The van der Waals surface area contributed by atoms with Gasteiger partial charge in [-0.25, -0.2) is 4.99 Å². The molecule has 0 atom stereocenters. The van der Waals surface area contributed by atoms with Gasteiger partial charge in [-0.3, -0.25) is 4.79 Å². The van der Waals surface area contributed by atoms with Crippen LogP contribution in [-0.2, 0) is 5.75 Å². The zero-order chi connectivity index (χ0) is 16.5. The second-order valence-corrected chi connectivity index (χ2v) is 7.86. The van der Waals surface area contributed by atoms with Gasteiger partial charge in [0.05, 0.1) is 11.4 Å². The minimum atomic E-state index is 0.150. The number of benzene rings is 2. The number of thioether (sulfide) groups is 2. The van der Waals surface area contributed by atoms with Crippen molar-refractivity contribution in [3.05, 3.63) is 65.4 Å². The smallest absolute Gasteiger partial charge is 0.175 e. The first-order valence-corrected chi connectivity index (χ1v) is 9.72. The van der Waals surface area contributed by atoms with Gasteiger partial charge in [-0.2, -0.15) is 0 Å². The maximum Gasteiger partial charge on any atom is 0.175 e. The van der Waals surface area contributed by atoms with Gasteiger partial charge < -0.3 is 4.98 Å². The van der Waals surface area contributed by atoms with Gasteiger partial charge in [0.2, 0.25) is 0 Å². The predicted octanol–water partition coefficient (Wildman–Crippen LogP) is 5.33. The number of Topliss-reactive ketones (excluding diaryl/α,β-unsaturated/α-hetero) is 1. The van der Waals surface area contributed by atoms with E-state index in [0.29, 0.717) is 5.75 Å². The summed E-state index contributed by atoms with van der Waals surface area (Å²) in [5.41, 5.74) is 5.03. The number of rotatable bonds is 3. The zero-order valence-corrected chi connectivity index (χ0v) is 14.8. The summed E-state index contributed by atoms with van der Waals surface area (Å²) in [5.74, 6) is 1.48. The number of nitrogens with zero attached hydrogens (tertiary/aromatic N) is 1. The maximum atomic E-state index is 12.7. The van der Waals surface area contributed by atoms with Crippen LogP contribution in [-0.4, -0.2) is 20.9 Å². The Bertz CT molecular complexity index is 959. The summed E-state index contributed by atoms with van der Waals surface area (Å²) < 4.78 is 0.972. The number of nitrogens with one attached hydrogen (secondary N) is 1. The monoisotopic (exact) mass is 352 g/mol. The first-order chi connectivity index (χ1) is 11.7. The molecule has 5 heteroatoms. The molecule has 1 N–H and O–H groups in total. The molecule has 4 rings (SSSR count). The summed E-state index contributed by atoms with van der Waals surface area (Å²) in [6, 6.07) is 16.1. The number of ketones is 1. The lowest BCUT2D eigenvalue weighted by Gasteiger charge is -2.13. The number of aromatic amines is 1. The fourth-order valence-corrected chi connectivity index (χ4v) is 4.86. The number of aromatic nitrogens is 1. The molecule has 1 aliphatic heterocycles. The Kier molecular flexibility index (Phi) is 4.21. The molecule has 1 aliphatic rings. The normalized spacial score (nSPS) is 13.6. The van der Waals surface area contributed by atoms with Crippen LogP contribution in [0.2, 0.25) is 0 Å². The molecular weight excluding hydrogens is 336 g/mol. The van der Waals surface area contributed by atoms with Gasteiger partial charge in [-0.1, -0.05) is 59.9 Å². The third kappa shape index (κ3) is 2.89. The van der Waals surface area contributed by atoms with Gasteiger partial charge in [0.25, 0.3) is 0 Å². The Balaban J connectivity index is 1.53. The van der Waals surface area contributed by atoms with Crippen LogP contribution in [0.5, 0.6) is 0 Å². The van der Waals surface area contributed by atoms with E-state index in [-0.39, 0.29) is 5.78 Å². The van der Waals surface area contributed by atoms with Gasteiger partial charge in [0, 0.05) is 27.9 Å². The van der Waals surface area contributed by atoms with Crippen molar-refractivity contribution in [2.24, 2.45) is 4.99 Å². The SMILES string of the molecule is Cc1[nH]c2ccccc2c1C(=O)CSC1=Nc2ccccc2CS1. The highest BCUT2D eigenvalue weighted by Crippen LogP contribution is 2.35. The van der Waals surface area contributed by atoms with Crippen molar-refractivity contribution < 1.29 is 4.79 Å². The first-order valence-electron chi connectivity index (χ1n) is 7.75. The molecule has 3 nitrogen and oxygen atoms in total. The van der Waals surface area contributed by atoms with Crippen molar-refractivity contribution in [3.8, 4) is 0 Å². The van der Waals surface area contributed by atoms with Gasteiger partial charge in [-0.05, 0) is 24.6 Å². The first kappa shape index (κ1) is 15.5. The standard InChI is InChI=1S/C19H16N2OS2/c1-12-18(14-7-3-5-9-16(14)20-12)17(22)11-24-19-21-15-8-4-2-6-13(15)10-23-19/h2-9,20H,10-11H2,1H3. The van der Waals surface area contributed by atoms with Gasteiger partial charge >= 0.3 is 0 Å². The molecule has 0 radical (unpaired) electrons. The van der Waals surface area contributed by atoms with Gasteiger partial charge in [0.1, 0.15) is 4.38 Å². The van der Waals surface area contributed by atoms with Crippen LogP contribution in [0.25, 0.3) is 10.9 Å².